The Balaban J connectivity index is 3.30. The summed E-state index contributed by atoms with van der Waals surface area (Å²) in [5.41, 5.74) is -1.17. The van der Waals surface area contributed by atoms with Gasteiger partial charge in [0, 0.05) is 11.8 Å². The molecule has 0 saturated carbocycles. The minimum Gasteiger partial charge on any atom is -0.481 e. The van der Waals surface area contributed by atoms with Crippen molar-refractivity contribution in [2.45, 2.75) is 12.8 Å². The van der Waals surface area contributed by atoms with E-state index in [2.05, 4.69) is 4.98 Å². The smallest absolute Gasteiger partial charge is 0.307 e. The Hall–Kier alpha value is -1.74. The lowest BCUT2D eigenvalue weighted by Crippen LogP contribution is -2.05. The van der Waals surface area contributed by atoms with E-state index in [1.54, 1.807) is 0 Å². The lowest BCUT2D eigenvalue weighted by atomic mass is 10.1. The molecule has 4 nitrogen and oxygen atoms in total. The second kappa shape index (κ2) is 4.86. The van der Waals surface area contributed by atoms with Gasteiger partial charge in [0.2, 0.25) is 0 Å². The molecule has 0 radical (unpaired) electrons. The highest BCUT2D eigenvalue weighted by molar-refractivity contribution is 6.32. The van der Waals surface area contributed by atoms with Gasteiger partial charge in [-0.15, -0.1) is 0 Å². The first-order chi connectivity index (χ1) is 7.47. The Morgan fingerprint density at radius 3 is 2.75 bits per heavy atom. The van der Waals surface area contributed by atoms with E-state index in [0.29, 0.717) is 0 Å². The summed E-state index contributed by atoms with van der Waals surface area (Å²) in [4.78, 5) is 13.8. The van der Waals surface area contributed by atoms with Crippen molar-refractivity contribution in [3.63, 3.8) is 0 Å². The van der Waals surface area contributed by atoms with Crippen LogP contribution in [0, 0.1) is 11.3 Å². The Morgan fingerprint density at radius 1 is 1.69 bits per heavy atom. The molecule has 84 valence electrons. The minimum absolute atomic E-state index is 0.0371. The number of aromatic nitrogens is 1. The normalized spacial score (nSPS) is 10.2. The molecular weight excluding hydrogens is 242 g/mol. The molecule has 1 rings (SSSR count). The quantitative estimate of drug-likeness (QED) is 0.887. The summed E-state index contributed by atoms with van der Waals surface area (Å²) >= 11 is 5.64. The molecule has 0 atom stereocenters. The monoisotopic (exact) mass is 246 g/mol. The maximum atomic E-state index is 12.4. The molecule has 1 heterocycles. The number of alkyl halides is 2. The van der Waals surface area contributed by atoms with Gasteiger partial charge in [0.15, 0.2) is 0 Å². The number of rotatable bonds is 3. The second-order valence-electron chi connectivity index (χ2n) is 2.84. The van der Waals surface area contributed by atoms with Crippen molar-refractivity contribution in [1.29, 1.82) is 5.26 Å². The lowest BCUT2D eigenvalue weighted by molar-refractivity contribution is -0.136. The van der Waals surface area contributed by atoms with Crippen LogP contribution in [0.25, 0.3) is 0 Å². The molecule has 0 amide bonds. The molecule has 0 aromatic carbocycles. The van der Waals surface area contributed by atoms with Gasteiger partial charge in [0.05, 0.1) is 17.0 Å². The zero-order chi connectivity index (χ0) is 12.3. The number of nitrogens with zero attached hydrogens (tertiary/aromatic N) is 2. The van der Waals surface area contributed by atoms with Gasteiger partial charge in [-0.25, -0.2) is 8.78 Å². The fourth-order valence-electron chi connectivity index (χ4n) is 1.10. The number of aliphatic carboxylic acids is 1. The van der Waals surface area contributed by atoms with Gasteiger partial charge >= 0.3 is 5.97 Å². The van der Waals surface area contributed by atoms with Gasteiger partial charge in [-0.2, -0.15) is 5.26 Å². The molecule has 16 heavy (non-hydrogen) atoms. The number of hydrogen-bond acceptors (Lipinski definition) is 3. The predicted molar refractivity (Wildman–Crippen MR) is 50.3 cm³/mol. The van der Waals surface area contributed by atoms with Crippen molar-refractivity contribution >= 4 is 17.6 Å². The number of halogens is 3. The molecule has 0 bridgehead atoms. The molecule has 1 aromatic heterocycles. The zero-order valence-electron chi connectivity index (χ0n) is 7.75. The molecule has 0 fully saturated rings. The van der Waals surface area contributed by atoms with E-state index < -0.39 is 30.1 Å². The summed E-state index contributed by atoms with van der Waals surface area (Å²) in [5, 5.41) is 16.9. The van der Waals surface area contributed by atoms with Crippen LogP contribution in [0.3, 0.4) is 0 Å². The van der Waals surface area contributed by atoms with E-state index in [9.17, 15) is 13.6 Å². The number of hydrogen-bond donors (Lipinski definition) is 1. The van der Waals surface area contributed by atoms with E-state index in [-0.39, 0.29) is 10.6 Å². The Kier molecular flexibility index (Phi) is 3.74. The van der Waals surface area contributed by atoms with Crippen LogP contribution in [-0.4, -0.2) is 16.1 Å². The Labute approximate surface area is 94.1 Å². The average molecular weight is 247 g/mol. The standard InChI is InChI=1S/C9H5ClF2N2O2/c10-7-4(1-6(15)16)3-14-8(9(11)12)5(7)2-13/h3,9H,1H2,(H,15,16). The van der Waals surface area contributed by atoms with Crippen LogP contribution < -0.4 is 0 Å². The fraction of sp³-hybridized carbons (Fsp3) is 0.222. The van der Waals surface area contributed by atoms with Crippen molar-refractivity contribution in [3.8, 4) is 6.07 Å². The molecule has 0 aliphatic rings. The summed E-state index contributed by atoms with van der Waals surface area (Å²) in [6.07, 6.45) is -2.45. The first-order valence-electron chi connectivity index (χ1n) is 4.04. The van der Waals surface area contributed by atoms with Crippen molar-refractivity contribution in [2.75, 3.05) is 0 Å². The number of nitriles is 1. The van der Waals surface area contributed by atoms with Gasteiger partial charge in [0.25, 0.3) is 6.43 Å². The highest BCUT2D eigenvalue weighted by atomic mass is 35.5. The second-order valence-corrected chi connectivity index (χ2v) is 3.22. The zero-order valence-corrected chi connectivity index (χ0v) is 8.50. The summed E-state index contributed by atoms with van der Waals surface area (Å²) < 4.78 is 24.8. The Morgan fingerprint density at radius 2 is 2.31 bits per heavy atom. The van der Waals surface area contributed by atoms with E-state index in [1.165, 1.54) is 6.07 Å². The van der Waals surface area contributed by atoms with Crippen molar-refractivity contribution in [3.05, 3.63) is 28.0 Å². The first kappa shape index (κ1) is 12.3. The third kappa shape index (κ3) is 2.44. The third-order valence-corrected chi connectivity index (χ3v) is 2.21. The average Bonchev–Trinajstić information content (AvgIpc) is 2.19. The molecular formula is C9H5ClF2N2O2. The molecule has 1 aromatic rings. The van der Waals surface area contributed by atoms with Gasteiger partial charge in [-0.05, 0) is 0 Å². The summed E-state index contributed by atoms with van der Waals surface area (Å²) in [7, 11) is 0. The van der Waals surface area contributed by atoms with Crippen LogP contribution in [0.1, 0.15) is 23.2 Å². The topological polar surface area (TPSA) is 74.0 Å². The maximum Gasteiger partial charge on any atom is 0.307 e. The van der Waals surface area contributed by atoms with Crippen LogP contribution in [0.15, 0.2) is 6.20 Å². The molecule has 0 spiro atoms. The van der Waals surface area contributed by atoms with Crippen LogP contribution in [0.5, 0.6) is 0 Å². The van der Waals surface area contributed by atoms with E-state index >= 15 is 0 Å². The van der Waals surface area contributed by atoms with Crippen molar-refractivity contribution < 1.29 is 18.7 Å². The van der Waals surface area contributed by atoms with Gasteiger partial charge in [-0.1, -0.05) is 11.6 Å². The lowest BCUT2D eigenvalue weighted by Gasteiger charge is -2.06. The number of carboxylic acid groups (broad SMARTS) is 1. The summed E-state index contributed by atoms with van der Waals surface area (Å²) in [5.74, 6) is -1.18. The van der Waals surface area contributed by atoms with Gasteiger partial charge in [-0.3, -0.25) is 9.78 Å². The van der Waals surface area contributed by atoms with Crippen LogP contribution in [-0.2, 0) is 11.2 Å². The maximum absolute atomic E-state index is 12.4. The Bertz CT molecular complexity index is 471. The van der Waals surface area contributed by atoms with E-state index in [0.717, 1.165) is 6.20 Å². The molecule has 0 aliphatic heterocycles. The van der Waals surface area contributed by atoms with Crippen molar-refractivity contribution in [2.24, 2.45) is 0 Å². The van der Waals surface area contributed by atoms with E-state index in [1.807, 2.05) is 0 Å². The van der Waals surface area contributed by atoms with Crippen molar-refractivity contribution in [1.82, 2.24) is 4.98 Å². The highest BCUT2D eigenvalue weighted by Crippen LogP contribution is 2.28. The van der Waals surface area contributed by atoms with E-state index in [4.69, 9.17) is 22.0 Å². The fourth-order valence-corrected chi connectivity index (χ4v) is 1.35. The molecule has 1 N–H and O–H groups in total. The van der Waals surface area contributed by atoms with Gasteiger partial charge < -0.3 is 5.11 Å². The summed E-state index contributed by atoms with van der Waals surface area (Å²) in [6.45, 7) is 0. The minimum atomic E-state index is -2.92. The molecule has 7 heteroatoms. The highest BCUT2D eigenvalue weighted by Gasteiger charge is 2.20. The van der Waals surface area contributed by atoms with Gasteiger partial charge in [0.1, 0.15) is 11.8 Å². The first-order valence-corrected chi connectivity index (χ1v) is 4.42. The van der Waals surface area contributed by atoms with Crippen LogP contribution >= 0.6 is 11.6 Å². The predicted octanol–water partition coefficient (Wildman–Crippen LogP) is 2.17. The largest absolute Gasteiger partial charge is 0.481 e. The number of pyridine rings is 1. The number of carboxylic acids is 1. The molecule has 0 aliphatic carbocycles. The third-order valence-electron chi connectivity index (χ3n) is 1.78. The summed E-state index contributed by atoms with van der Waals surface area (Å²) in [6, 6.07) is 1.49. The number of carbonyl (C=O) groups is 1. The van der Waals surface area contributed by atoms with Crippen LogP contribution in [0.2, 0.25) is 5.02 Å². The van der Waals surface area contributed by atoms with Crippen LogP contribution in [0.4, 0.5) is 8.78 Å². The SMILES string of the molecule is N#Cc1c(C(F)F)ncc(CC(=O)O)c1Cl. The molecule has 0 unspecified atom stereocenters. The molecule has 0 saturated heterocycles.